The molecule has 2 rings (SSSR count). The summed E-state index contributed by atoms with van der Waals surface area (Å²) in [6.07, 6.45) is -2.03. The van der Waals surface area contributed by atoms with Crippen molar-refractivity contribution in [2.45, 2.75) is 32.0 Å². The number of likely N-dealkylation sites (tertiary alicyclic amines) is 1. The SMILES string of the molecule is CCNC1CCN(C(=O)c2ccc(C(F)(F)F)cn2)CC1. The molecule has 0 unspecified atom stereocenters. The quantitative estimate of drug-likeness (QED) is 0.932. The van der Waals surface area contributed by atoms with E-state index in [0.29, 0.717) is 25.3 Å². The molecule has 1 aromatic rings. The minimum Gasteiger partial charge on any atom is -0.337 e. The van der Waals surface area contributed by atoms with E-state index in [1.807, 2.05) is 6.92 Å². The number of halogens is 3. The third-order valence-corrected chi connectivity index (χ3v) is 3.58. The van der Waals surface area contributed by atoms with Crippen molar-refractivity contribution < 1.29 is 18.0 Å². The lowest BCUT2D eigenvalue weighted by Crippen LogP contribution is -2.45. The number of piperidine rings is 1. The fourth-order valence-corrected chi connectivity index (χ4v) is 2.43. The van der Waals surface area contributed by atoms with E-state index >= 15 is 0 Å². The van der Waals surface area contributed by atoms with E-state index in [0.717, 1.165) is 31.5 Å². The van der Waals surface area contributed by atoms with Gasteiger partial charge in [0.15, 0.2) is 0 Å². The number of alkyl halides is 3. The molecule has 116 valence electrons. The molecule has 0 saturated carbocycles. The Morgan fingerprint density at radius 2 is 2.05 bits per heavy atom. The van der Waals surface area contributed by atoms with Gasteiger partial charge in [0.05, 0.1) is 5.56 Å². The second-order valence-corrected chi connectivity index (χ2v) is 5.05. The Kier molecular flexibility index (Phi) is 4.82. The second-order valence-electron chi connectivity index (χ2n) is 5.05. The molecular weight excluding hydrogens is 283 g/mol. The summed E-state index contributed by atoms with van der Waals surface area (Å²) < 4.78 is 37.3. The monoisotopic (exact) mass is 301 g/mol. The lowest BCUT2D eigenvalue weighted by molar-refractivity contribution is -0.137. The summed E-state index contributed by atoms with van der Waals surface area (Å²) in [5.74, 6) is -0.307. The first-order valence-electron chi connectivity index (χ1n) is 6.97. The molecule has 0 spiro atoms. The molecule has 1 amide bonds. The normalized spacial score (nSPS) is 17.0. The van der Waals surface area contributed by atoms with Crippen LogP contribution in [0.1, 0.15) is 35.8 Å². The van der Waals surface area contributed by atoms with Crippen LogP contribution >= 0.6 is 0 Å². The molecule has 2 heterocycles. The van der Waals surface area contributed by atoms with Gasteiger partial charge in [-0.25, -0.2) is 0 Å². The highest BCUT2D eigenvalue weighted by atomic mass is 19.4. The van der Waals surface area contributed by atoms with Crippen molar-refractivity contribution in [3.63, 3.8) is 0 Å². The van der Waals surface area contributed by atoms with Crippen molar-refractivity contribution in [2.24, 2.45) is 0 Å². The molecule has 1 fully saturated rings. The highest BCUT2D eigenvalue weighted by Gasteiger charge is 2.31. The van der Waals surface area contributed by atoms with Crippen molar-refractivity contribution in [3.8, 4) is 0 Å². The van der Waals surface area contributed by atoms with Gasteiger partial charge in [-0.15, -0.1) is 0 Å². The zero-order valence-electron chi connectivity index (χ0n) is 11.8. The highest BCUT2D eigenvalue weighted by Crippen LogP contribution is 2.28. The van der Waals surface area contributed by atoms with Gasteiger partial charge < -0.3 is 10.2 Å². The standard InChI is InChI=1S/C14H18F3N3O/c1-2-18-11-5-7-20(8-6-11)13(21)12-4-3-10(9-19-12)14(15,16)17/h3-4,9,11,18H,2,5-8H2,1H3. The predicted octanol–water partition coefficient (Wildman–Crippen LogP) is 2.31. The summed E-state index contributed by atoms with van der Waals surface area (Å²) in [7, 11) is 0. The number of nitrogens with zero attached hydrogens (tertiary/aromatic N) is 2. The molecule has 1 N–H and O–H groups in total. The third kappa shape index (κ3) is 3.93. The van der Waals surface area contributed by atoms with Gasteiger partial charge in [0.25, 0.3) is 5.91 Å². The smallest absolute Gasteiger partial charge is 0.337 e. The zero-order valence-corrected chi connectivity index (χ0v) is 11.8. The summed E-state index contributed by atoms with van der Waals surface area (Å²) in [5.41, 5.74) is -0.783. The fraction of sp³-hybridized carbons (Fsp3) is 0.571. The number of rotatable bonds is 3. The maximum atomic E-state index is 12.4. The summed E-state index contributed by atoms with van der Waals surface area (Å²) in [5, 5.41) is 3.33. The number of hydrogen-bond donors (Lipinski definition) is 1. The number of nitrogens with one attached hydrogen (secondary N) is 1. The second kappa shape index (κ2) is 6.43. The average Bonchev–Trinajstić information content (AvgIpc) is 2.47. The van der Waals surface area contributed by atoms with Crippen LogP contribution in [0.4, 0.5) is 13.2 Å². The van der Waals surface area contributed by atoms with Gasteiger partial charge in [-0.05, 0) is 31.5 Å². The first-order chi connectivity index (χ1) is 9.91. The molecule has 1 aliphatic heterocycles. The van der Waals surface area contributed by atoms with Crippen LogP contribution < -0.4 is 5.32 Å². The molecular formula is C14H18F3N3O. The van der Waals surface area contributed by atoms with Crippen LogP contribution in [-0.4, -0.2) is 41.5 Å². The molecule has 21 heavy (non-hydrogen) atoms. The first-order valence-corrected chi connectivity index (χ1v) is 6.97. The number of carbonyl (C=O) groups excluding carboxylic acids is 1. The molecule has 0 aromatic carbocycles. The van der Waals surface area contributed by atoms with Crippen LogP contribution in [0.3, 0.4) is 0 Å². The number of aromatic nitrogens is 1. The topological polar surface area (TPSA) is 45.2 Å². The fourth-order valence-electron chi connectivity index (χ4n) is 2.43. The minimum atomic E-state index is -4.43. The van der Waals surface area contributed by atoms with E-state index in [1.54, 1.807) is 4.90 Å². The van der Waals surface area contributed by atoms with E-state index in [4.69, 9.17) is 0 Å². The van der Waals surface area contributed by atoms with Gasteiger partial charge in [0.2, 0.25) is 0 Å². The highest BCUT2D eigenvalue weighted by molar-refractivity contribution is 5.92. The van der Waals surface area contributed by atoms with Crippen LogP contribution in [0.25, 0.3) is 0 Å². The Balaban J connectivity index is 1.98. The van der Waals surface area contributed by atoms with E-state index in [1.165, 1.54) is 0 Å². The lowest BCUT2D eigenvalue weighted by Gasteiger charge is -2.32. The van der Waals surface area contributed by atoms with Crippen molar-refractivity contribution in [3.05, 3.63) is 29.6 Å². The maximum Gasteiger partial charge on any atom is 0.417 e. The molecule has 1 aliphatic rings. The summed E-state index contributed by atoms with van der Waals surface area (Å²) in [4.78, 5) is 17.5. The lowest BCUT2D eigenvalue weighted by atomic mass is 10.0. The molecule has 4 nitrogen and oxygen atoms in total. The van der Waals surface area contributed by atoms with Crippen LogP contribution in [0.2, 0.25) is 0 Å². The Labute approximate surface area is 121 Å². The molecule has 1 saturated heterocycles. The van der Waals surface area contributed by atoms with Gasteiger partial charge in [-0.2, -0.15) is 13.2 Å². The number of hydrogen-bond acceptors (Lipinski definition) is 3. The molecule has 0 bridgehead atoms. The molecule has 7 heteroatoms. The van der Waals surface area contributed by atoms with Crippen molar-refractivity contribution in [1.29, 1.82) is 0 Å². The maximum absolute atomic E-state index is 12.4. The Hall–Kier alpha value is -1.63. The predicted molar refractivity (Wildman–Crippen MR) is 71.8 cm³/mol. The van der Waals surface area contributed by atoms with Crippen LogP contribution in [-0.2, 0) is 6.18 Å². The van der Waals surface area contributed by atoms with Gasteiger partial charge in [0.1, 0.15) is 5.69 Å². The average molecular weight is 301 g/mol. The van der Waals surface area contributed by atoms with E-state index in [-0.39, 0.29) is 11.6 Å². The molecule has 0 radical (unpaired) electrons. The van der Waals surface area contributed by atoms with E-state index < -0.39 is 11.7 Å². The van der Waals surface area contributed by atoms with Crippen LogP contribution in [0.15, 0.2) is 18.3 Å². The van der Waals surface area contributed by atoms with Gasteiger partial charge in [-0.3, -0.25) is 9.78 Å². The summed E-state index contributed by atoms with van der Waals surface area (Å²) in [6, 6.07) is 2.44. The van der Waals surface area contributed by atoms with Crippen LogP contribution in [0, 0.1) is 0 Å². The summed E-state index contributed by atoms with van der Waals surface area (Å²) >= 11 is 0. The largest absolute Gasteiger partial charge is 0.417 e. The summed E-state index contributed by atoms with van der Waals surface area (Å²) in [6.45, 7) is 4.11. The Morgan fingerprint density at radius 3 is 2.52 bits per heavy atom. The van der Waals surface area contributed by atoms with Crippen molar-refractivity contribution in [2.75, 3.05) is 19.6 Å². The molecule has 1 aromatic heterocycles. The van der Waals surface area contributed by atoms with Gasteiger partial charge in [-0.1, -0.05) is 6.92 Å². The zero-order chi connectivity index (χ0) is 15.5. The Bertz CT molecular complexity index is 479. The van der Waals surface area contributed by atoms with Crippen molar-refractivity contribution >= 4 is 5.91 Å². The first kappa shape index (κ1) is 15.8. The molecule has 0 atom stereocenters. The van der Waals surface area contributed by atoms with E-state index in [2.05, 4.69) is 10.3 Å². The number of amides is 1. The molecule has 0 aliphatic carbocycles. The van der Waals surface area contributed by atoms with Gasteiger partial charge >= 0.3 is 6.18 Å². The minimum absolute atomic E-state index is 0.0601. The third-order valence-electron chi connectivity index (χ3n) is 3.58. The van der Waals surface area contributed by atoms with Crippen molar-refractivity contribution in [1.82, 2.24) is 15.2 Å². The number of carbonyl (C=O) groups is 1. The Morgan fingerprint density at radius 1 is 1.38 bits per heavy atom. The van der Waals surface area contributed by atoms with Crippen LogP contribution in [0.5, 0.6) is 0 Å². The number of pyridine rings is 1. The van der Waals surface area contributed by atoms with Gasteiger partial charge in [0, 0.05) is 25.3 Å². The van der Waals surface area contributed by atoms with E-state index in [9.17, 15) is 18.0 Å².